The Morgan fingerprint density at radius 3 is 3.00 bits per heavy atom. The molecule has 0 aliphatic heterocycles. The third kappa shape index (κ3) is 0.391. The highest BCUT2D eigenvalue weighted by molar-refractivity contribution is 7.14. The molecule has 0 atom stereocenters. The van der Waals surface area contributed by atoms with E-state index in [0.717, 1.165) is 10.3 Å². The minimum Gasteiger partial charge on any atom is -0.307 e. The molecular weight excluding hydrogens is 120 g/mol. The van der Waals surface area contributed by atoms with Gasteiger partial charge in [-0.25, -0.2) is 4.98 Å². The maximum absolute atomic E-state index is 4.07. The molecule has 0 aliphatic carbocycles. The Hall–Kier alpha value is -0.830. The molecule has 0 amide bonds. The molecule has 0 unspecified atom stereocenters. The van der Waals surface area contributed by atoms with Gasteiger partial charge in [0.1, 0.15) is 0 Å². The lowest BCUT2D eigenvalue weighted by Gasteiger charge is -1.95. The summed E-state index contributed by atoms with van der Waals surface area (Å²) in [4.78, 5) is 5.17. The van der Waals surface area contributed by atoms with Crippen molar-refractivity contribution in [3.63, 3.8) is 0 Å². The molecule has 0 aromatic carbocycles. The predicted octanol–water partition coefficient (Wildman–Crippen LogP) is 1.62. The fourth-order valence-corrected chi connectivity index (χ4v) is 1.17. The van der Waals surface area contributed by atoms with Crippen LogP contribution in [0.25, 0.3) is 10.3 Å². The van der Waals surface area contributed by atoms with Crippen LogP contribution < -0.4 is 0 Å². The van der Waals surface area contributed by atoms with E-state index in [2.05, 4.69) is 9.36 Å². The van der Waals surface area contributed by atoms with Gasteiger partial charge >= 0.3 is 0 Å². The van der Waals surface area contributed by atoms with E-state index in [0.29, 0.717) is 0 Å². The molecular formula is C5H4N2S. The molecule has 3 heteroatoms. The fraction of sp³-hybridized carbons (Fsp3) is 0. The molecule has 0 fully saturated rings. The van der Waals surface area contributed by atoms with Crippen LogP contribution in [0.5, 0.6) is 0 Å². The van der Waals surface area contributed by atoms with Crippen LogP contribution in [0.2, 0.25) is 0 Å². The zero-order valence-corrected chi connectivity index (χ0v) is 4.90. The maximum Gasteiger partial charge on any atom is 0.156 e. The third-order valence-corrected chi connectivity index (χ3v) is 1.87. The van der Waals surface area contributed by atoms with Crippen molar-refractivity contribution in [1.29, 1.82) is 0 Å². The van der Waals surface area contributed by atoms with E-state index in [-0.39, 0.29) is 0 Å². The van der Waals surface area contributed by atoms with Crippen LogP contribution in [0.15, 0.2) is 18.3 Å². The van der Waals surface area contributed by atoms with E-state index in [4.69, 9.17) is 0 Å². The number of nitrogens with one attached hydrogen (secondary N) is 1. The summed E-state index contributed by atoms with van der Waals surface area (Å²) in [6, 6.07) is 3.93. The second-order valence-corrected chi connectivity index (χ2v) is 2.36. The largest absolute Gasteiger partial charge is 0.307 e. The van der Waals surface area contributed by atoms with Crippen molar-refractivity contribution in [1.82, 2.24) is 9.36 Å². The average molecular weight is 124 g/mol. The van der Waals surface area contributed by atoms with Gasteiger partial charge < -0.3 is 4.37 Å². The number of aromatic amines is 1. The second-order valence-electron chi connectivity index (χ2n) is 1.56. The Balaban J connectivity index is 2.88. The van der Waals surface area contributed by atoms with E-state index in [1.165, 1.54) is 0 Å². The summed E-state index contributed by atoms with van der Waals surface area (Å²) in [5, 5.41) is 0. The third-order valence-electron chi connectivity index (χ3n) is 1.03. The van der Waals surface area contributed by atoms with Gasteiger partial charge in [-0.15, -0.1) is 0 Å². The molecule has 0 spiro atoms. The van der Waals surface area contributed by atoms with E-state index >= 15 is 0 Å². The summed E-state index contributed by atoms with van der Waals surface area (Å²) in [5.74, 6) is 0. The molecule has 0 radical (unpaired) electrons. The lowest BCUT2D eigenvalue weighted by molar-refractivity contribution is 1.41. The molecule has 0 aliphatic rings. The Morgan fingerprint density at radius 2 is 2.62 bits per heavy atom. The molecule has 2 aromatic heterocycles. The van der Waals surface area contributed by atoms with Gasteiger partial charge in [-0.3, -0.25) is 0 Å². The van der Waals surface area contributed by atoms with Gasteiger partial charge in [0.05, 0.1) is 5.52 Å². The quantitative estimate of drug-likeness (QED) is 0.568. The first-order valence-electron chi connectivity index (χ1n) is 2.35. The smallest absolute Gasteiger partial charge is 0.156 e. The van der Waals surface area contributed by atoms with Crippen molar-refractivity contribution < 1.29 is 0 Å². The predicted molar refractivity (Wildman–Crippen MR) is 34.0 cm³/mol. The van der Waals surface area contributed by atoms with E-state index in [1.54, 1.807) is 17.7 Å². The summed E-state index contributed by atoms with van der Waals surface area (Å²) in [7, 11) is 0. The van der Waals surface area contributed by atoms with Crippen LogP contribution in [0, 0.1) is 0 Å². The second kappa shape index (κ2) is 1.32. The summed E-state index contributed by atoms with van der Waals surface area (Å²) >= 11 is 1.57. The number of H-pyrrole nitrogens is 1. The molecule has 2 nitrogen and oxygen atoms in total. The molecule has 40 valence electrons. The molecule has 0 saturated heterocycles. The summed E-state index contributed by atoms with van der Waals surface area (Å²) in [6.07, 6.45) is 1.80. The number of rotatable bonds is 0. The number of pyridine rings is 1. The zero-order valence-electron chi connectivity index (χ0n) is 4.09. The maximum atomic E-state index is 4.07. The highest BCUT2D eigenvalue weighted by Gasteiger charge is 1.92. The molecule has 2 aromatic rings. The van der Waals surface area contributed by atoms with Crippen molar-refractivity contribution in [3.05, 3.63) is 18.3 Å². The Labute approximate surface area is 50.3 Å². The zero-order chi connectivity index (χ0) is 5.40. The van der Waals surface area contributed by atoms with Gasteiger partial charge in [0.15, 0.2) is 4.83 Å². The van der Waals surface area contributed by atoms with E-state index < -0.39 is 0 Å². The number of fused-ring (bicyclic) bond motifs is 1. The van der Waals surface area contributed by atoms with E-state index in [9.17, 15) is 0 Å². The fourth-order valence-electron chi connectivity index (χ4n) is 0.607. The van der Waals surface area contributed by atoms with Crippen molar-refractivity contribution in [3.8, 4) is 0 Å². The minimum absolute atomic E-state index is 1.10. The van der Waals surface area contributed by atoms with Gasteiger partial charge in [0, 0.05) is 6.20 Å². The molecule has 1 N–H and O–H groups in total. The van der Waals surface area contributed by atoms with E-state index in [1.807, 2.05) is 12.1 Å². The molecule has 8 heavy (non-hydrogen) atoms. The van der Waals surface area contributed by atoms with Crippen molar-refractivity contribution >= 4 is 21.9 Å². The van der Waals surface area contributed by atoms with Crippen LogP contribution in [-0.2, 0) is 0 Å². The normalized spacial score (nSPS) is 10.5. The topological polar surface area (TPSA) is 28.7 Å². The Bertz CT molecular complexity index is 253. The van der Waals surface area contributed by atoms with Crippen molar-refractivity contribution in [2.24, 2.45) is 0 Å². The standard InChI is InChI=1S/C5H4N2S/c1-2-4-5(6-3-1)8-7-4/h1-3,7H. The van der Waals surface area contributed by atoms with Crippen molar-refractivity contribution in [2.75, 3.05) is 0 Å². The van der Waals surface area contributed by atoms with Gasteiger partial charge in [0.2, 0.25) is 0 Å². The number of hydrogen-bond acceptors (Lipinski definition) is 2. The van der Waals surface area contributed by atoms with Gasteiger partial charge in [-0.05, 0) is 23.7 Å². The summed E-state index contributed by atoms with van der Waals surface area (Å²) in [6.45, 7) is 0. The first-order valence-corrected chi connectivity index (χ1v) is 3.16. The first-order chi connectivity index (χ1) is 3.97. The monoisotopic (exact) mass is 124 g/mol. The number of aromatic nitrogens is 2. The highest BCUT2D eigenvalue weighted by atomic mass is 32.1. The van der Waals surface area contributed by atoms with Crippen LogP contribution in [0.1, 0.15) is 0 Å². The van der Waals surface area contributed by atoms with Crippen LogP contribution in [0.3, 0.4) is 0 Å². The molecule has 0 bridgehead atoms. The van der Waals surface area contributed by atoms with Gasteiger partial charge in [-0.1, -0.05) is 0 Å². The lowest BCUT2D eigenvalue weighted by Crippen LogP contribution is -1.78. The van der Waals surface area contributed by atoms with Crippen LogP contribution in [0.4, 0.5) is 0 Å². The average Bonchev–Trinajstić information content (AvgIpc) is 1.72. The summed E-state index contributed by atoms with van der Waals surface area (Å²) < 4.78 is 3.04. The lowest BCUT2D eigenvalue weighted by atomic mass is 10.5. The molecule has 2 heterocycles. The summed E-state index contributed by atoms with van der Waals surface area (Å²) in [5.41, 5.74) is 1.15. The minimum atomic E-state index is 1.10. The highest BCUT2D eigenvalue weighted by Crippen LogP contribution is 2.14. The number of hydrogen-bond donors (Lipinski definition) is 1. The Morgan fingerprint density at radius 1 is 1.62 bits per heavy atom. The van der Waals surface area contributed by atoms with Crippen LogP contribution >= 0.6 is 11.5 Å². The van der Waals surface area contributed by atoms with Gasteiger partial charge in [-0.2, -0.15) is 0 Å². The SMILES string of the molecule is c1cnc2s[nH]c2c1. The van der Waals surface area contributed by atoms with Crippen molar-refractivity contribution in [2.45, 2.75) is 0 Å². The Kier molecular flexibility index (Phi) is 0.676. The molecule has 0 saturated carbocycles. The van der Waals surface area contributed by atoms with Crippen LogP contribution in [-0.4, -0.2) is 9.36 Å². The van der Waals surface area contributed by atoms with Gasteiger partial charge in [0.25, 0.3) is 0 Å². The number of nitrogens with zero attached hydrogens (tertiary/aromatic N) is 1. The first kappa shape index (κ1) is 4.09. The molecule has 2 rings (SSSR count).